The van der Waals surface area contributed by atoms with E-state index in [9.17, 15) is 9.18 Å². The lowest BCUT2D eigenvalue weighted by molar-refractivity contribution is 0.101. The molecule has 1 aromatic carbocycles. The summed E-state index contributed by atoms with van der Waals surface area (Å²) in [7, 11) is 0. The van der Waals surface area contributed by atoms with Crippen molar-refractivity contribution in [2.45, 2.75) is 13.3 Å². The summed E-state index contributed by atoms with van der Waals surface area (Å²) >= 11 is 0. The van der Waals surface area contributed by atoms with Gasteiger partial charge in [0.1, 0.15) is 0 Å². The molecule has 0 unspecified atom stereocenters. The van der Waals surface area contributed by atoms with Crippen LogP contribution in [-0.2, 0) is 6.42 Å². The van der Waals surface area contributed by atoms with Crippen LogP contribution in [0.25, 0.3) is 0 Å². The first-order valence-corrected chi connectivity index (χ1v) is 5.71. The highest BCUT2D eigenvalue weighted by Crippen LogP contribution is 2.12. The summed E-state index contributed by atoms with van der Waals surface area (Å²) in [5.74, 6) is -1.17. The predicted octanol–water partition coefficient (Wildman–Crippen LogP) is 3.04. The van der Waals surface area contributed by atoms with Gasteiger partial charge >= 0.3 is 0 Å². The number of hydrogen-bond acceptors (Lipinski definition) is 2. The molecule has 3 nitrogen and oxygen atoms in total. The molecular weight excluding hydrogens is 231 g/mol. The van der Waals surface area contributed by atoms with E-state index >= 15 is 0 Å². The number of nitrogens with zero attached hydrogens (tertiary/aromatic N) is 1. The van der Waals surface area contributed by atoms with E-state index in [2.05, 4.69) is 17.2 Å². The minimum absolute atomic E-state index is 0.197. The number of anilines is 1. The van der Waals surface area contributed by atoms with Crippen LogP contribution in [0.2, 0.25) is 0 Å². The van der Waals surface area contributed by atoms with Crippen LogP contribution in [0.15, 0.2) is 42.6 Å². The summed E-state index contributed by atoms with van der Waals surface area (Å²) in [6.45, 7) is 2.05. The highest BCUT2D eigenvalue weighted by atomic mass is 19.1. The second-order valence-electron chi connectivity index (χ2n) is 3.84. The molecule has 18 heavy (non-hydrogen) atoms. The minimum atomic E-state index is -0.625. The van der Waals surface area contributed by atoms with Crippen molar-refractivity contribution in [2.75, 3.05) is 5.32 Å². The predicted molar refractivity (Wildman–Crippen MR) is 68.0 cm³/mol. The Labute approximate surface area is 105 Å². The lowest BCUT2D eigenvalue weighted by Crippen LogP contribution is -2.15. The Morgan fingerprint density at radius 2 is 2.00 bits per heavy atom. The number of nitrogens with one attached hydrogen (secondary N) is 1. The van der Waals surface area contributed by atoms with Gasteiger partial charge in [0.25, 0.3) is 5.91 Å². The Balaban J connectivity index is 2.14. The second-order valence-corrected chi connectivity index (χ2v) is 3.84. The van der Waals surface area contributed by atoms with E-state index in [1.165, 1.54) is 23.9 Å². The molecule has 0 aliphatic rings. The summed E-state index contributed by atoms with van der Waals surface area (Å²) in [5, 5.41) is 2.61. The van der Waals surface area contributed by atoms with E-state index in [1.807, 2.05) is 12.1 Å². The van der Waals surface area contributed by atoms with Crippen LogP contribution < -0.4 is 5.32 Å². The number of aryl methyl sites for hydroxylation is 1. The largest absolute Gasteiger partial charge is 0.321 e. The van der Waals surface area contributed by atoms with Gasteiger partial charge in [-0.05, 0) is 36.2 Å². The average Bonchev–Trinajstić information content (AvgIpc) is 2.40. The quantitative estimate of drug-likeness (QED) is 0.901. The van der Waals surface area contributed by atoms with Crippen molar-refractivity contribution in [1.82, 2.24) is 4.98 Å². The van der Waals surface area contributed by atoms with Crippen LogP contribution in [0.3, 0.4) is 0 Å². The molecule has 92 valence electrons. The maximum atomic E-state index is 13.3. The average molecular weight is 244 g/mol. The van der Waals surface area contributed by atoms with Crippen LogP contribution in [0, 0.1) is 5.82 Å². The van der Waals surface area contributed by atoms with Crippen LogP contribution in [0.4, 0.5) is 10.1 Å². The molecule has 1 aromatic heterocycles. The zero-order valence-electron chi connectivity index (χ0n) is 9.98. The Hall–Kier alpha value is -2.23. The number of halogens is 1. The number of hydrogen-bond donors (Lipinski definition) is 1. The first kappa shape index (κ1) is 12.2. The molecule has 1 heterocycles. The van der Waals surface area contributed by atoms with Gasteiger partial charge in [0.05, 0.1) is 0 Å². The molecule has 0 saturated carbocycles. The molecule has 2 rings (SSSR count). The molecule has 0 spiro atoms. The fourth-order valence-corrected chi connectivity index (χ4v) is 1.57. The zero-order valence-corrected chi connectivity index (χ0v) is 9.98. The fourth-order valence-electron chi connectivity index (χ4n) is 1.57. The molecule has 0 fully saturated rings. The molecule has 0 bridgehead atoms. The van der Waals surface area contributed by atoms with Crippen LogP contribution in [-0.4, -0.2) is 10.9 Å². The monoisotopic (exact) mass is 244 g/mol. The molecule has 0 aliphatic heterocycles. The van der Waals surface area contributed by atoms with E-state index in [0.717, 1.165) is 6.42 Å². The number of pyridine rings is 1. The first-order chi connectivity index (χ1) is 8.70. The van der Waals surface area contributed by atoms with Gasteiger partial charge in [-0.15, -0.1) is 0 Å². The molecular formula is C14H13FN2O. The molecule has 0 saturated heterocycles. The first-order valence-electron chi connectivity index (χ1n) is 5.71. The van der Waals surface area contributed by atoms with Crippen molar-refractivity contribution >= 4 is 11.6 Å². The van der Waals surface area contributed by atoms with E-state index in [1.54, 1.807) is 12.1 Å². The SMILES string of the molecule is CCc1ccc(NC(=O)c2ncccc2F)cc1. The van der Waals surface area contributed by atoms with E-state index in [4.69, 9.17) is 0 Å². The summed E-state index contributed by atoms with van der Waals surface area (Å²) in [4.78, 5) is 15.5. The van der Waals surface area contributed by atoms with E-state index < -0.39 is 11.7 Å². The van der Waals surface area contributed by atoms with Gasteiger partial charge in [-0.1, -0.05) is 19.1 Å². The highest BCUT2D eigenvalue weighted by Gasteiger charge is 2.12. The molecule has 4 heteroatoms. The third kappa shape index (κ3) is 2.71. The third-order valence-electron chi connectivity index (χ3n) is 2.59. The van der Waals surface area contributed by atoms with Crippen molar-refractivity contribution in [2.24, 2.45) is 0 Å². The number of amides is 1. The number of carbonyl (C=O) groups is 1. The van der Waals surface area contributed by atoms with Crippen molar-refractivity contribution in [3.8, 4) is 0 Å². The summed E-state index contributed by atoms with van der Waals surface area (Å²) in [6.07, 6.45) is 2.32. The Kier molecular flexibility index (Phi) is 3.67. The van der Waals surface area contributed by atoms with Crippen molar-refractivity contribution in [3.63, 3.8) is 0 Å². The maximum Gasteiger partial charge on any atom is 0.277 e. The smallest absolute Gasteiger partial charge is 0.277 e. The second kappa shape index (κ2) is 5.40. The van der Waals surface area contributed by atoms with E-state index in [-0.39, 0.29) is 5.69 Å². The van der Waals surface area contributed by atoms with Gasteiger partial charge in [-0.2, -0.15) is 0 Å². The number of benzene rings is 1. The number of rotatable bonds is 3. The molecule has 1 amide bonds. The van der Waals surface area contributed by atoms with Gasteiger partial charge in [-0.25, -0.2) is 9.37 Å². The van der Waals surface area contributed by atoms with Crippen molar-refractivity contribution in [1.29, 1.82) is 0 Å². The van der Waals surface area contributed by atoms with Gasteiger partial charge in [0.15, 0.2) is 11.5 Å². The minimum Gasteiger partial charge on any atom is -0.321 e. The Morgan fingerprint density at radius 1 is 1.28 bits per heavy atom. The van der Waals surface area contributed by atoms with Gasteiger partial charge < -0.3 is 5.32 Å². The van der Waals surface area contributed by atoms with E-state index in [0.29, 0.717) is 5.69 Å². The van der Waals surface area contributed by atoms with Crippen LogP contribution in [0.5, 0.6) is 0 Å². The standard InChI is InChI=1S/C14H13FN2O/c1-2-10-5-7-11(8-6-10)17-14(18)13-12(15)4-3-9-16-13/h3-9H,2H2,1H3,(H,17,18). The third-order valence-corrected chi connectivity index (χ3v) is 2.59. The molecule has 0 radical (unpaired) electrons. The normalized spacial score (nSPS) is 10.1. The Bertz CT molecular complexity index is 552. The van der Waals surface area contributed by atoms with Gasteiger partial charge in [0, 0.05) is 11.9 Å². The lowest BCUT2D eigenvalue weighted by Gasteiger charge is -2.05. The zero-order chi connectivity index (χ0) is 13.0. The number of carbonyl (C=O) groups excluding carboxylic acids is 1. The van der Waals surface area contributed by atoms with Gasteiger partial charge in [-0.3, -0.25) is 4.79 Å². The topological polar surface area (TPSA) is 42.0 Å². The summed E-state index contributed by atoms with van der Waals surface area (Å²) in [5.41, 5.74) is 1.61. The molecule has 0 aliphatic carbocycles. The molecule has 2 aromatic rings. The highest BCUT2D eigenvalue weighted by molar-refractivity contribution is 6.02. The maximum absolute atomic E-state index is 13.3. The summed E-state index contributed by atoms with van der Waals surface area (Å²) in [6, 6.07) is 10.1. The van der Waals surface area contributed by atoms with Crippen molar-refractivity contribution in [3.05, 3.63) is 59.7 Å². The molecule has 1 N–H and O–H groups in total. The Morgan fingerprint density at radius 3 is 2.61 bits per heavy atom. The number of aromatic nitrogens is 1. The van der Waals surface area contributed by atoms with Crippen LogP contribution in [0.1, 0.15) is 23.0 Å². The van der Waals surface area contributed by atoms with Crippen LogP contribution >= 0.6 is 0 Å². The van der Waals surface area contributed by atoms with Gasteiger partial charge in [0.2, 0.25) is 0 Å². The van der Waals surface area contributed by atoms with Crippen molar-refractivity contribution < 1.29 is 9.18 Å². The molecule has 0 atom stereocenters. The summed E-state index contributed by atoms with van der Waals surface area (Å²) < 4.78 is 13.3. The fraction of sp³-hybridized carbons (Fsp3) is 0.143. The lowest BCUT2D eigenvalue weighted by atomic mass is 10.1.